The van der Waals surface area contributed by atoms with Gasteiger partial charge in [-0.15, -0.1) is 0 Å². The Morgan fingerprint density at radius 2 is 2.15 bits per heavy atom. The van der Waals surface area contributed by atoms with Gasteiger partial charge in [0.15, 0.2) is 0 Å². The summed E-state index contributed by atoms with van der Waals surface area (Å²) in [6.07, 6.45) is 2.09. The highest BCUT2D eigenvalue weighted by atomic mass is 35.5. The fraction of sp³-hybridized carbons (Fsp3) is 0.571. The molecule has 0 fully saturated rings. The van der Waals surface area contributed by atoms with E-state index in [-0.39, 0.29) is 16.6 Å². The predicted octanol–water partition coefficient (Wildman–Crippen LogP) is 2.96. The first-order chi connectivity index (χ1) is 9.54. The summed E-state index contributed by atoms with van der Waals surface area (Å²) < 4.78 is 15.6. The van der Waals surface area contributed by atoms with Crippen LogP contribution in [0.1, 0.15) is 30.6 Å². The molecule has 0 aliphatic carbocycles. The van der Waals surface area contributed by atoms with Crippen molar-refractivity contribution < 1.29 is 19.0 Å². The molecule has 0 aromatic carbocycles. The molecular weight excluding hydrogens is 282 g/mol. The van der Waals surface area contributed by atoms with E-state index in [1.165, 1.54) is 12.3 Å². The van der Waals surface area contributed by atoms with E-state index in [1.807, 2.05) is 13.8 Å². The molecule has 1 aromatic rings. The van der Waals surface area contributed by atoms with Gasteiger partial charge >= 0.3 is 5.97 Å². The molecule has 0 aliphatic heterocycles. The average molecular weight is 302 g/mol. The highest BCUT2D eigenvalue weighted by molar-refractivity contribution is 6.29. The van der Waals surface area contributed by atoms with Gasteiger partial charge in [-0.2, -0.15) is 0 Å². The first-order valence-corrected chi connectivity index (χ1v) is 6.86. The molecule has 112 valence electrons. The molecule has 6 heteroatoms. The van der Waals surface area contributed by atoms with Crippen molar-refractivity contribution in [3.05, 3.63) is 23.0 Å². The third-order valence-electron chi connectivity index (χ3n) is 2.35. The second-order valence-corrected chi connectivity index (χ2v) is 5.08. The maximum Gasteiger partial charge on any atom is 0.343 e. The number of halogens is 1. The van der Waals surface area contributed by atoms with E-state index in [0.29, 0.717) is 25.6 Å². The molecule has 0 aliphatic rings. The van der Waals surface area contributed by atoms with Gasteiger partial charge in [-0.25, -0.2) is 9.78 Å². The SMILES string of the molecule is COCCCOc1cc(Cl)ncc1C(=O)OCC(C)C. The van der Waals surface area contributed by atoms with Gasteiger partial charge in [0, 0.05) is 32.4 Å². The first kappa shape index (κ1) is 16.7. The van der Waals surface area contributed by atoms with Crippen molar-refractivity contribution in [1.82, 2.24) is 4.98 Å². The lowest BCUT2D eigenvalue weighted by Crippen LogP contribution is -2.13. The molecule has 0 spiro atoms. The Balaban J connectivity index is 2.70. The zero-order chi connectivity index (χ0) is 15.0. The smallest absolute Gasteiger partial charge is 0.343 e. The summed E-state index contributed by atoms with van der Waals surface area (Å²) in [5, 5.41) is 0.271. The van der Waals surface area contributed by atoms with Gasteiger partial charge < -0.3 is 14.2 Å². The molecule has 0 saturated carbocycles. The number of methoxy groups -OCH3 is 1. The quantitative estimate of drug-likeness (QED) is 0.420. The van der Waals surface area contributed by atoms with E-state index in [4.69, 9.17) is 25.8 Å². The van der Waals surface area contributed by atoms with E-state index < -0.39 is 5.97 Å². The van der Waals surface area contributed by atoms with Crippen molar-refractivity contribution in [3.8, 4) is 5.75 Å². The second-order valence-electron chi connectivity index (χ2n) is 4.69. The third kappa shape index (κ3) is 5.75. The first-order valence-electron chi connectivity index (χ1n) is 6.49. The fourth-order valence-electron chi connectivity index (χ4n) is 1.39. The number of carbonyl (C=O) groups is 1. The lowest BCUT2D eigenvalue weighted by Gasteiger charge is -2.12. The number of aromatic nitrogens is 1. The number of hydrogen-bond acceptors (Lipinski definition) is 5. The summed E-state index contributed by atoms with van der Waals surface area (Å²) in [6, 6.07) is 1.51. The van der Waals surface area contributed by atoms with E-state index in [1.54, 1.807) is 7.11 Å². The van der Waals surface area contributed by atoms with Gasteiger partial charge in [-0.1, -0.05) is 25.4 Å². The van der Waals surface area contributed by atoms with Crippen LogP contribution in [0.2, 0.25) is 5.15 Å². The summed E-state index contributed by atoms with van der Waals surface area (Å²) >= 11 is 5.82. The average Bonchev–Trinajstić information content (AvgIpc) is 2.41. The molecule has 0 atom stereocenters. The molecule has 0 amide bonds. The summed E-state index contributed by atoms with van der Waals surface area (Å²) in [6.45, 7) is 5.31. The second kappa shape index (κ2) is 8.76. The minimum absolute atomic E-state index is 0.269. The molecule has 1 aromatic heterocycles. The molecular formula is C14H20ClNO4. The normalized spacial score (nSPS) is 10.7. The Kier molecular flexibility index (Phi) is 7.33. The molecule has 5 nitrogen and oxygen atoms in total. The summed E-state index contributed by atoms with van der Waals surface area (Å²) in [5.74, 6) is 0.199. The van der Waals surface area contributed by atoms with Gasteiger partial charge in [0.25, 0.3) is 0 Å². The number of nitrogens with zero attached hydrogens (tertiary/aromatic N) is 1. The summed E-state index contributed by atoms with van der Waals surface area (Å²) in [7, 11) is 1.62. The summed E-state index contributed by atoms with van der Waals surface area (Å²) in [5.41, 5.74) is 0.285. The zero-order valence-electron chi connectivity index (χ0n) is 12.0. The van der Waals surface area contributed by atoms with Gasteiger partial charge in [0.05, 0.1) is 13.2 Å². The number of esters is 1. The van der Waals surface area contributed by atoms with Crippen molar-refractivity contribution in [3.63, 3.8) is 0 Å². The lowest BCUT2D eigenvalue weighted by molar-refractivity contribution is 0.0453. The van der Waals surface area contributed by atoms with Crippen LogP contribution in [0.5, 0.6) is 5.75 Å². The largest absolute Gasteiger partial charge is 0.492 e. The van der Waals surface area contributed by atoms with Crippen molar-refractivity contribution in [2.75, 3.05) is 26.9 Å². The highest BCUT2D eigenvalue weighted by Gasteiger charge is 2.16. The number of pyridine rings is 1. The van der Waals surface area contributed by atoms with Crippen LogP contribution in [0, 0.1) is 5.92 Å². The number of ether oxygens (including phenoxy) is 3. The minimum Gasteiger partial charge on any atom is -0.492 e. The Morgan fingerprint density at radius 1 is 1.40 bits per heavy atom. The van der Waals surface area contributed by atoms with E-state index in [9.17, 15) is 4.79 Å². The topological polar surface area (TPSA) is 57.7 Å². The highest BCUT2D eigenvalue weighted by Crippen LogP contribution is 2.22. The van der Waals surface area contributed by atoms with Crippen LogP contribution in [0.3, 0.4) is 0 Å². The molecule has 0 unspecified atom stereocenters. The number of rotatable bonds is 8. The number of carbonyl (C=O) groups excluding carboxylic acids is 1. The molecule has 0 saturated heterocycles. The van der Waals surface area contributed by atoms with Crippen molar-refractivity contribution >= 4 is 17.6 Å². The standard InChI is InChI=1S/C14H20ClNO4/c1-10(2)9-20-14(17)11-8-16-13(15)7-12(11)19-6-4-5-18-3/h7-8,10H,4-6,9H2,1-3H3. The van der Waals surface area contributed by atoms with Crippen molar-refractivity contribution in [2.24, 2.45) is 5.92 Å². The Labute approximate surface area is 124 Å². The van der Waals surface area contributed by atoms with Crippen LogP contribution in [0.4, 0.5) is 0 Å². The van der Waals surface area contributed by atoms with Gasteiger partial charge in [0.1, 0.15) is 16.5 Å². The van der Waals surface area contributed by atoms with Gasteiger partial charge in [-0.3, -0.25) is 0 Å². The molecule has 1 rings (SSSR count). The Bertz CT molecular complexity index is 437. The lowest BCUT2D eigenvalue weighted by atomic mass is 10.2. The van der Waals surface area contributed by atoms with Crippen LogP contribution < -0.4 is 4.74 Å². The van der Waals surface area contributed by atoms with Crippen LogP contribution >= 0.6 is 11.6 Å². The number of hydrogen-bond donors (Lipinski definition) is 0. The maximum atomic E-state index is 12.0. The van der Waals surface area contributed by atoms with E-state index >= 15 is 0 Å². The van der Waals surface area contributed by atoms with Crippen molar-refractivity contribution in [2.45, 2.75) is 20.3 Å². The molecule has 20 heavy (non-hydrogen) atoms. The minimum atomic E-state index is -0.454. The van der Waals surface area contributed by atoms with Crippen LogP contribution in [0.15, 0.2) is 12.3 Å². The third-order valence-corrected chi connectivity index (χ3v) is 2.56. The van der Waals surface area contributed by atoms with Crippen LogP contribution in [0.25, 0.3) is 0 Å². The van der Waals surface area contributed by atoms with Crippen LogP contribution in [-0.2, 0) is 9.47 Å². The zero-order valence-corrected chi connectivity index (χ0v) is 12.8. The summed E-state index contributed by atoms with van der Waals surface area (Å²) in [4.78, 5) is 15.9. The van der Waals surface area contributed by atoms with Crippen molar-refractivity contribution in [1.29, 1.82) is 0 Å². The Morgan fingerprint density at radius 3 is 2.80 bits per heavy atom. The monoisotopic (exact) mass is 301 g/mol. The van der Waals surface area contributed by atoms with E-state index in [0.717, 1.165) is 6.42 Å². The van der Waals surface area contributed by atoms with E-state index in [2.05, 4.69) is 4.98 Å². The van der Waals surface area contributed by atoms with Crippen LogP contribution in [-0.4, -0.2) is 37.9 Å². The predicted molar refractivity (Wildman–Crippen MR) is 76.4 cm³/mol. The molecule has 0 N–H and O–H groups in total. The van der Waals surface area contributed by atoms with Gasteiger partial charge in [-0.05, 0) is 5.92 Å². The fourth-order valence-corrected chi connectivity index (χ4v) is 1.54. The maximum absolute atomic E-state index is 12.0. The molecule has 0 bridgehead atoms. The molecule has 0 radical (unpaired) electrons. The van der Waals surface area contributed by atoms with Gasteiger partial charge in [0.2, 0.25) is 0 Å². The molecule has 1 heterocycles. The Hall–Kier alpha value is -1.33.